The summed E-state index contributed by atoms with van der Waals surface area (Å²) < 4.78 is 5.36. The SMILES string of the molecule is O=C(O)[C@@H]1[C@@H]2C(=O)O[C@H]3[C@@H](Br)[C@H]1C1(CC1)[C@H]32. The van der Waals surface area contributed by atoms with Gasteiger partial charge in [0.05, 0.1) is 16.7 Å². The molecule has 0 amide bonds. The van der Waals surface area contributed by atoms with Gasteiger partial charge in [0.15, 0.2) is 0 Å². The van der Waals surface area contributed by atoms with Crippen molar-refractivity contribution in [1.29, 1.82) is 0 Å². The molecule has 1 N–H and O–H groups in total. The molecule has 1 saturated heterocycles. The fraction of sp³-hybridized carbons (Fsp3) is 0.818. The maximum atomic E-state index is 11.8. The first-order chi connectivity index (χ1) is 7.58. The number of alkyl halides is 1. The van der Waals surface area contributed by atoms with Crippen molar-refractivity contribution < 1.29 is 19.4 Å². The van der Waals surface area contributed by atoms with Crippen LogP contribution in [0.25, 0.3) is 0 Å². The first kappa shape index (κ1) is 9.45. The maximum Gasteiger partial charge on any atom is 0.310 e. The molecule has 3 aliphatic carbocycles. The van der Waals surface area contributed by atoms with Gasteiger partial charge in [-0.1, -0.05) is 15.9 Å². The van der Waals surface area contributed by atoms with Crippen LogP contribution in [0.5, 0.6) is 0 Å². The number of carbonyl (C=O) groups is 2. The Balaban J connectivity index is 1.89. The third-order valence-electron chi connectivity index (χ3n) is 5.14. The highest BCUT2D eigenvalue weighted by Crippen LogP contribution is 2.77. The monoisotopic (exact) mass is 286 g/mol. The summed E-state index contributed by atoms with van der Waals surface area (Å²) in [6.45, 7) is 0. The molecule has 2 bridgehead atoms. The third-order valence-corrected chi connectivity index (χ3v) is 6.23. The van der Waals surface area contributed by atoms with Gasteiger partial charge in [0.1, 0.15) is 6.10 Å². The van der Waals surface area contributed by atoms with E-state index in [9.17, 15) is 14.7 Å². The highest BCUT2D eigenvalue weighted by Gasteiger charge is 2.81. The van der Waals surface area contributed by atoms with E-state index < -0.39 is 11.9 Å². The molecule has 4 nitrogen and oxygen atoms in total. The fourth-order valence-corrected chi connectivity index (χ4v) is 5.89. The Morgan fingerprint density at radius 2 is 2.12 bits per heavy atom. The number of hydrogen-bond donors (Lipinski definition) is 1. The summed E-state index contributed by atoms with van der Waals surface area (Å²) in [5.74, 6) is -1.75. The van der Waals surface area contributed by atoms with Crippen molar-refractivity contribution in [3.05, 3.63) is 0 Å². The molecule has 1 aliphatic heterocycles. The van der Waals surface area contributed by atoms with Crippen LogP contribution in [0, 0.1) is 29.1 Å². The van der Waals surface area contributed by atoms with E-state index in [2.05, 4.69) is 15.9 Å². The fourth-order valence-electron chi connectivity index (χ4n) is 4.60. The van der Waals surface area contributed by atoms with E-state index in [-0.39, 0.29) is 40.1 Å². The summed E-state index contributed by atoms with van der Waals surface area (Å²) >= 11 is 3.56. The van der Waals surface area contributed by atoms with Crippen molar-refractivity contribution in [3.8, 4) is 0 Å². The van der Waals surface area contributed by atoms with Gasteiger partial charge in [-0.25, -0.2) is 0 Å². The number of hydrogen-bond acceptors (Lipinski definition) is 3. The molecule has 86 valence electrons. The molecule has 0 radical (unpaired) electrons. The summed E-state index contributed by atoms with van der Waals surface area (Å²) in [7, 11) is 0. The van der Waals surface area contributed by atoms with Crippen LogP contribution in [-0.4, -0.2) is 28.0 Å². The quantitative estimate of drug-likeness (QED) is 0.578. The zero-order valence-corrected chi connectivity index (χ0v) is 10.0. The van der Waals surface area contributed by atoms with Crippen LogP contribution in [0.1, 0.15) is 12.8 Å². The van der Waals surface area contributed by atoms with Crippen LogP contribution in [0.4, 0.5) is 0 Å². The molecule has 6 atom stereocenters. The number of aliphatic carboxylic acids is 1. The number of carboxylic acid groups (broad SMARTS) is 1. The minimum absolute atomic E-state index is 0.0452. The van der Waals surface area contributed by atoms with E-state index in [1.165, 1.54) is 0 Å². The van der Waals surface area contributed by atoms with Crippen LogP contribution in [0.2, 0.25) is 0 Å². The average molecular weight is 287 g/mol. The highest BCUT2D eigenvalue weighted by atomic mass is 79.9. The molecule has 1 heterocycles. The zero-order valence-electron chi connectivity index (χ0n) is 8.43. The van der Waals surface area contributed by atoms with Gasteiger partial charge in [0.25, 0.3) is 0 Å². The van der Waals surface area contributed by atoms with Gasteiger partial charge in [0, 0.05) is 5.92 Å². The molecular weight excluding hydrogens is 276 g/mol. The normalized spacial score (nSPS) is 54.4. The second-order valence-corrected chi connectivity index (χ2v) is 6.58. The van der Waals surface area contributed by atoms with Crippen molar-refractivity contribution in [2.45, 2.75) is 23.8 Å². The van der Waals surface area contributed by atoms with E-state index in [1.54, 1.807) is 0 Å². The summed E-state index contributed by atoms with van der Waals surface area (Å²) in [6, 6.07) is 0. The molecular formula is C11H11BrO4. The molecule has 5 heteroatoms. The van der Waals surface area contributed by atoms with Gasteiger partial charge in [-0.05, 0) is 24.2 Å². The number of carboxylic acids is 1. The molecule has 4 rings (SSSR count). The van der Waals surface area contributed by atoms with Gasteiger partial charge < -0.3 is 9.84 Å². The van der Waals surface area contributed by atoms with Crippen molar-refractivity contribution in [2.24, 2.45) is 29.1 Å². The number of rotatable bonds is 1. The Morgan fingerprint density at radius 1 is 1.44 bits per heavy atom. The maximum absolute atomic E-state index is 11.8. The molecule has 0 aromatic carbocycles. The lowest BCUT2D eigenvalue weighted by molar-refractivity contribution is -0.151. The van der Waals surface area contributed by atoms with Crippen molar-refractivity contribution in [3.63, 3.8) is 0 Å². The van der Waals surface area contributed by atoms with Crippen LogP contribution in [0.3, 0.4) is 0 Å². The second kappa shape index (κ2) is 2.47. The predicted molar refractivity (Wildman–Crippen MR) is 55.9 cm³/mol. The first-order valence-corrected chi connectivity index (χ1v) is 6.57. The molecule has 0 aromatic heterocycles. The summed E-state index contributed by atoms with van der Waals surface area (Å²) in [6.07, 6.45) is 2.07. The lowest BCUT2D eigenvalue weighted by Crippen LogP contribution is -2.37. The molecule has 16 heavy (non-hydrogen) atoms. The Kier molecular flexibility index (Phi) is 1.46. The molecule has 1 spiro atoms. The minimum atomic E-state index is -0.828. The number of ether oxygens (including phenoxy) is 1. The van der Waals surface area contributed by atoms with Gasteiger partial charge in [0.2, 0.25) is 0 Å². The summed E-state index contributed by atoms with van der Waals surface area (Å²) in [5, 5.41) is 9.32. The third kappa shape index (κ3) is 0.753. The minimum Gasteiger partial charge on any atom is -0.481 e. The van der Waals surface area contributed by atoms with Crippen LogP contribution in [0.15, 0.2) is 0 Å². The Hall–Kier alpha value is -0.580. The molecule has 4 fully saturated rings. The van der Waals surface area contributed by atoms with Crippen LogP contribution in [-0.2, 0) is 14.3 Å². The Morgan fingerprint density at radius 3 is 2.69 bits per heavy atom. The van der Waals surface area contributed by atoms with Crippen LogP contribution >= 0.6 is 15.9 Å². The Bertz CT molecular complexity index is 416. The lowest BCUT2D eigenvalue weighted by Gasteiger charge is -2.25. The van der Waals surface area contributed by atoms with E-state index in [0.29, 0.717) is 0 Å². The van der Waals surface area contributed by atoms with E-state index in [1.807, 2.05) is 0 Å². The van der Waals surface area contributed by atoms with Gasteiger partial charge >= 0.3 is 11.9 Å². The number of halogens is 1. The zero-order chi connectivity index (χ0) is 11.2. The number of carbonyl (C=O) groups excluding carboxylic acids is 1. The molecule has 3 saturated carbocycles. The second-order valence-electron chi connectivity index (χ2n) is 5.52. The smallest absolute Gasteiger partial charge is 0.310 e. The van der Waals surface area contributed by atoms with Crippen molar-refractivity contribution in [1.82, 2.24) is 0 Å². The average Bonchev–Trinajstić information content (AvgIpc) is 2.80. The number of esters is 1. The topological polar surface area (TPSA) is 63.6 Å². The van der Waals surface area contributed by atoms with Gasteiger partial charge in [-0.15, -0.1) is 0 Å². The standard InChI is InChI=1S/C11H11BrO4/c12-7-5-3(9(13)14)4-6(11(5)1-2-11)8(7)16-10(4)15/h3-8H,1-2H2,(H,13,14)/t3-,4+,5+,6+,7+,8-/m1/s1. The van der Waals surface area contributed by atoms with E-state index in [4.69, 9.17) is 4.74 Å². The van der Waals surface area contributed by atoms with Gasteiger partial charge in [-0.3, -0.25) is 9.59 Å². The molecule has 4 aliphatic rings. The van der Waals surface area contributed by atoms with E-state index in [0.717, 1.165) is 12.8 Å². The molecule has 0 aromatic rings. The largest absolute Gasteiger partial charge is 0.481 e. The Labute approximate surface area is 100 Å². The first-order valence-electron chi connectivity index (χ1n) is 5.65. The highest BCUT2D eigenvalue weighted by molar-refractivity contribution is 9.09. The van der Waals surface area contributed by atoms with Crippen LogP contribution < -0.4 is 0 Å². The van der Waals surface area contributed by atoms with E-state index >= 15 is 0 Å². The predicted octanol–water partition coefficient (Wildman–Crippen LogP) is 1.03. The summed E-state index contributed by atoms with van der Waals surface area (Å²) in [4.78, 5) is 23.2. The van der Waals surface area contributed by atoms with Crippen molar-refractivity contribution >= 4 is 27.9 Å². The van der Waals surface area contributed by atoms with Crippen molar-refractivity contribution in [2.75, 3.05) is 0 Å². The lowest BCUT2D eigenvalue weighted by atomic mass is 9.80. The molecule has 0 unspecified atom stereocenters. The summed E-state index contributed by atoms with van der Waals surface area (Å²) in [5.41, 5.74) is 0.110. The van der Waals surface area contributed by atoms with Gasteiger partial charge in [-0.2, -0.15) is 0 Å².